The molecule has 2 rings (SSSR count). The zero-order valence-corrected chi connectivity index (χ0v) is 15.8. The Bertz CT molecular complexity index is 797. The highest BCUT2D eigenvalue weighted by Crippen LogP contribution is 2.14. The van der Waals surface area contributed by atoms with Gasteiger partial charge in [0, 0.05) is 22.7 Å². The summed E-state index contributed by atoms with van der Waals surface area (Å²) in [5.74, 6) is -0.0269. The van der Waals surface area contributed by atoms with E-state index < -0.39 is 0 Å². The Hall–Kier alpha value is -2.66. The molecule has 0 unspecified atom stereocenters. The van der Waals surface area contributed by atoms with Crippen molar-refractivity contribution >= 4 is 34.8 Å². The van der Waals surface area contributed by atoms with Crippen molar-refractivity contribution in [3.63, 3.8) is 0 Å². The predicted molar refractivity (Wildman–Crippen MR) is 106 cm³/mol. The Balaban J connectivity index is 1.97. The molecule has 0 heterocycles. The van der Waals surface area contributed by atoms with Crippen LogP contribution in [0.5, 0.6) is 0 Å². The van der Waals surface area contributed by atoms with Crippen molar-refractivity contribution in [2.45, 2.75) is 27.2 Å². The fourth-order valence-electron chi connectivity index (χ4n) is 2.23. The second-order valence-corrected chi connectivity index (χ2v) is 6.80. The van der Waals surface area contributed by atoms with Gasteiger partial charge in [-0.05, 0) is 54.8 Å². The first-order valence-corrected chi connectivity index (χ1v) is 8.73. The minimum absolute atomic E-state index is 0.105. The molecule has 0 radical (unpaired) electrons. The van der Waals surface area contributed by atoms with Crippen LogP contribution < -0.4 is 10.7 Å². The zero-order chi connectivity index (χ0) is 19.1. The van der Waals surface area contributed by atoms with E-state index in [0.717, 1.165) is 5.56 Å². The number of anilines is 1. The van der Waals surface area contributed by atoms with Crippen LogP contribution in [-0.2, 0) is 4.79 Å². The first kappa shape index (κ1) is 19.7. The van der Waals surface area contributed by atoms with Crippen molar-refractivity contribution in [3.8, 4) is 0 Å². The van der Waals surface area contributed by atoms with Crippen LogP contribution in [0.25, 0.3) is 0 Å². The van der Waals surface area contributed by atoms with Gasteiger partial charge in [0.05, 0.1) is 5.71 Å². The summed E-state index contributed by atoms with van der Waals surface area (Å²) in [6.45, 7) is 5.78. The van der Waals surface area contributed by atoms with Gasteiger partial charge in [0.1, 0.15) is 0 Å². The maximum Gasteiger partial charge on any atom is 0.255 e. The van der Waals surface area contributed by atoms with Crippen LogP contribution >= 0.6 is 11.6 Å². The van der Waals surface area contributed by atoms with E-state index in [-0.39, 0.29) is 17.7 Å². The molecule has 2 N–H and O–H groups in total. The molecule has 0 aliphatic rings. The molecule has 2 aromatic rings. The lowest BCUT2D eigenvalue weighted by Gasteiger charge is -2.07. The third-order valence-corrected chi connectivity index (χ3v) is 3.86. The van der Waals surface area contributed by atoms with Crippen molar-refractivity contribution < 1.29 is 9.59 Å². The van der Waals surface area contributed by atoms with E-state index in [1.54, 1.807) is 36.4 Å². The Kier molecular flexibility index (Phi) is 6.92. The number of nitrogens with zero attached hydrogens (tertiary/aromatic N) is 1. The molecule has 0 saturated heterocycles. The van der Waals surface area contributed by atoms with E-state index in [9.17, 15) is 9.59 Å². The number of carbonyl (C=O) groups is 2. The molecule has 2 aromatic carbocycles. The van der Waals surface area contributed by atoms with Crippen LogP contribution in [0.2, 0.25) is 5.02 Å². The molecule has 0 aliphatic carbocycles. The van der Waals surface area contributed by atoms with E-state index in [0.29, 0.717) is 28.4 Å². The highest BCUT2D eigenvalue weighted by atomic mass is 35.5. The van der Waals surface area contributed by atoms with Crippen LogP contribution in [0.4, 0.5) is 5.69 Å². The molecule has 136 valence electrons. The van der Waals surface area contributed by atoms with Crippen LogP contribution in [0.3, 0.4) is 0 Å². The summed E-state index contributed by atoms with van der Waals surface area (Å²) in [5, 5.41) is 7.52. The van der Waals surface area contributed by atoms with Crippen LogP contribution in [0.1, 0.15) is 43.1 Å². The number of carbonyl (C=O) groups excluding carboxylic acids is 2. The molecular formula is C20H22ClN3O2. The van der Waals surface area contributed by atoms with Gasteiger partial charge in [-0.1, -0.05) is 37.6 Å². The van der Waals surface area contributed by atoms with E-state index in [1.807, 2.05) is 32.9 Å². The number of benzene rings is 2. The van der Waals surface area contributed by atoms with Crippen LogP contribution in [0.15, 0.2) is 53.6 Å². The average Bonchev–Trinajstić information content (AvgIpc) is 2.60. The first-order valence-electron chi connectivity index (χ1n) is 8.35. The molecule has 0 aliphatic heterocycles. The Morgan fingerprint density at radius 1 is 1.00 bits per heavy atom. The normalized spacial score (nSPS) is 11.3. The minimum Gasteiger partial charge on any atom is -0.322 e. The summed E-state index contributed by atoms with van der Waals surface area (Å²) >= 11 is 5.82. The van der Waals surface area contributed by atoms with E-state index in [4.69, 9.17) is 11.6 Å². The third kappa shape index (κ3) is 6.01. The van der Waals surface area contributed by atoms with Gasteiger partial charge in [-0.3, -0.25) is 9.59 Å². The van der Waals surface area contributed by atoms with Crippen molar-refractivity contribution in [1.82, 2.24) is 5.43 Å². The highest BCUT2D eigenvalue weighted by Gasteiger charge is 2.07. The lowest BCUT2D eigenvalue weighted by Crippen LogP contribution is -2.20. The molecule has 6 heteroatoms. The number of hydrazone groups is 1. The molecular weight excluding hydrogens is 350 g/mol. The maximum absolute atomic E-state index is 12.2. The topological polar surface area (TPSA) is 70.6 Å². The Morgan fingerprint density at radius 2 is 1.58 bits per heavy atom. The summed E-state index contributed by atoms with van der Waals surface area (Å²) < 4.78 is 0. The Morgan fingerprint density at radius 3 is 2.15 bits per heavy atom. The first-order chi connectivity index (χ1) is 12.3. The number of halogens is 1. The van der Waals surface area contributed by atoms with Crippen molar-refractivity contribution in [2.24, 2.45) is 11.0 Å². The molecule has 0 bridgehead atoms. The second-order valence-electron chi connectivity index (χ2n) is 6.37. The van der Waals surface area contributed by atoms with Gasteiger partial charge in [0.25, 0.3) is 5.91 Å². The van der Waals surface area contributed by atoms with Gasteiger partial charge in [0.2, 0.25) is 5.91 Å². The number of nitrogens with one attached hydrogen (secondary N) is 2. The summed E-state index contributed by atoms with van der Waals surface area (Å²) in [7, 11) is 0. The number of amides is 2. The van der Waals surface area contributed by atoms with Gasteiger partial charge >= 0.3 is 0 Å². The lowest BCUT2D eigenvalue weighted by molar-refractivity contribution is -0.121. The fraction of sp³-hybridized carbons (Fsp3) is 0.250. The van der Waals surface area contributed by atoms with Crippen molar-refractivity contribution in [3.05, 3.63) is 64.7 Å². The van der Waals surface area contributed by atoms with E-state index in [2.05, 4.69) is 15.8 Å². The Labute approximate surface area is 158 Å². The average molecular weight is 372 g/mol. The molecule has 0 spiro atoms. The number of hydrogen-bond donors (Lipinski definition) is 2. The molecule has 26 heavy (non-hydrogen) atoms. The van der Waals surface area contributed by atoms with E-state index in [1.165, 1.54) is 0 Å². The smallest absolute Gasteiger partial charge is 0.255 e. The van der Waals surface area contributed by atoms with Crippen LogP contribution in [0, 0.1) is 5.92 Å². The standard InChI is InChI=1S/C20H22ClN3O2/c1-13(2)12-19(25)24-23-14(3)15-6-10-18(11-7-15)22-20(26)16-4-8-17(21)9-5-16/h4-11,13H,12H2,1-3H3,(H,22,26)(H,24,25). The summed E-state index contributed by atoms with van der Waals surface area (Å²) in [6, 6.07) is 13.9. The monoisotopic (exact) mass is 371 g/mol. The number of hydrogen-bond acceptors (Lipinski definition) is 3. The van der Waals surface area contributed by atoms with Gasteiger partial charge in [-0.15, -0.1) is 0 Å². The highest BCUT2D eigenvalue weighted by molar-refractivity contribution is 6.30. The lowest BCUT2D eigenvalue weighted by atomic mass is 10.1. The molecule has 0 atom stereocenters. The van der Waals surface area contributed by atoms with Crippen molar-refractivity contribution in [1.29, 1.82) is 0 Å². The van der Waals surface area contributed by atoms with Gasteiger partial charge < -0.3 is 5.32 Å². The minimum atomic E-state index is -0.208. The molecule has 0 saturated carbocycles. The quantitative estimate of drug-likeness (QED) is 0.580. The van der Waals surface area contributed by atoms with Gasteiger partial charge in [-0.25, -0.2) is 5.43 Å². The van der Waals surface area contributed by atoms with Gasteiger partial charge in [-0.2, -0.15) is 5.10 Å². The summed E-state index contributed by atoms with van der Waals surface area (Å²) in [5.41, 5.74) is 5.31. The van der Waals surface area contributed by atoms with E-state index >= 15 is 0 Å². The van der Waals surface area contributed by atoms with Crippen molar-refractivity contribution in [2.75, 3.05) is 5.32 Å². The third-order valence-electron chi connectivity index (χ3n) is 3.61. The molecule has 2 amide bonds. The molecule has 0 aromatic heterocycles. The summed E-state index contributed by atoms with van der Waals surface area (Å²) in [4.78, 5) is 23.8. The SMILES string of the molecule is CC(=NNC(=O)CC(C)C)c1ccc(NC(=O)c2ccc(Cl)cc2)cc1. The second kappa shape index (κ2) is 9.15. The predicted octanol–water partition coefficient (Wildman–Crippen LogP) is 4.48. The van der Waals surface area contributed by atoms with Crippen LogP contribution in [-0.4, -0.2) is 17.5 Å². The zero-order valence-electron chi connectivity index (χ0n) is 15.0. The molecule has 0 fully saturated rings. The fourth-order valence-corrected chi connectivity index (χ4v) is 2.35. The molecule has 5 nitrogen and oxygen atoms in total. The largest absolute Gasteiger partial charge is 0.322 e. The maximum atomic E-state index is 12.2. The number of rotatable bonds is 6. The summed E-state index contributed by atoms with van der Waals surface area (Å²) in [6.07, 6.45) is 0.437. The van der Waals surface area contributed by atoms with Gasteiger partial charge in [0.15, 0.2) is 0 Å².